The molecule has 148 valence electrons. The molecule has 0 unspecified atom stereocenters. The highest BCUT2D eigenvalue weighted by molar-refractivity contribution is 7.89. The number of aryl methyl sites for hydroxylation is 2. The molecule has 6 nitrogen and oxygen atoms in total. The zero-order chi connectivity index (χ0) is 19.8. The predicted molar refractivity (Wildman–Crippen MR) is 93.5 cm³/mol. The van der Waals surface area contributed by atoms with Gasteiger partial charge in [0.1, 0.15) is 4.90 Å². The van der Waals surface area contributed by atoms with Gasteiger partial charge in [-0.15, -0.1) is 0 Å². The number of piperazine rings is 1. The number of H-pyrrole nitrogens is 1. The predicted octanol–water partition coefficient (Wildman–Crippen LogP) is 2.55. The first-order valence-electron chi connectivity index (χ1n) is 8.49. The van der Waals surface area contributed by atoms with Crippen LogP contribution in [0.25, 0.3) is 0 Å². The maximum atomic E-state index is 12.8. The number of nitrogens with zero attached hydrogens (tertiary/aromatic N) is 3. The van der Waals surface area contributed by atoms with Crippen LogP contribution in [0.2, 0.25) is 0 Å². The normalized spacial score (nSPS) is 17.4. The summed E-state index contributed by atoms with van der Waals surface area (Å²) in [7, 11) is -3.61. The number of benzene rings is 1. The Morgan fingerprint density at radius 3 is 2.15 bits per heavy atom. The van der Waals surface area contributed by atoms with Gasteiger partial charge >= 0.3 is 6.18 Å². The average molecular weight is 402 g/mol. The molecule has 0 spiro atoms. The average Bonchev–Trinajstić information content (AvgIpc) is 2.94. The molecule has 1 aromatic heterocycles. The molecule has 2 aromatic rings. The fourth-order valence-electron chi connectivity index (χ4n) is 3.24. The van der Waals surface area contributed by atoms with Crippen LogP contribution in [0.4, 0.5) is 13.2 Å². The summed E-state index contributed by atoms with van der Waals surface area (Å²) in [6.45, 7) is 5.48. The van der Waals surface area contributed by atoms with E-state index in [1.54, 1.807) is 13.8 Å². The van der Waals surface area contributed by atoms with Crippen LogP contribution < -0.4 is 0 Å². The first-order chi connectivity index (χ1) is 12.6. The topological polar surface area (TPSA) is 69.3 Å². The minimum absolute atomic E-state index is 0.221. The Balaban J connectivity index is 1.62. The molecule has 1 fully saturated rings. The minimum atomic E-state index is -4.35. The van der Waals surface area contributed by atoms with Gasteiger partial charge in [0.25, 0.3) is 0 Å². The Hall–Kier alpha value is -1.91. The highest BCUT2D eigenvalue weighted by atomic mass is 32.2. The largest absolute Gasteiger partial charge is 0.416 e. The molecule has 1 saturated heterocycles. The summed E-state index contributed by atoms with van der Waals surface area (Å²) in [5, 5.41) is 6.64. The van der Waals surface area contributed by atoms with Gasteiger partial charge in [-0.05, 0) is 31.5 Å². The number of aromatic nitrogens is 2. The summed E-state index contributed by atoms with van der Waals surface area (Å²) in [6.07, 6.45) is -4.35. The SMILES string of the molecule is Cc1n[nH]c(C)c1S(=O)(=O)N1CCN(Cc2ccc(C(F)(F)F)cc2)CC1. The molecule has 3 rings (SSSR count). The van der Waals surface area contributed by atoms with Gasteiger partial charge in [-0.3, -0.25) is 10.00 Å². The summed E-state index contributed by atoms with van der Waals surface area (Å²) < 4.78 is 65.0. The molecule has 0 bridgehead atoms. The second kappa shape index (κ2) is 7.25. The van der Waals surface area contributed by atoms with Crippen molar-refractivity contribution in [3.63, 3.8) is 0 Å². The standard InChI is InChI=1S/C17H21F3N4O2S/c1-12-16(13(2)22-21-12)27(25,26)24-9-7-23(8-10-24)11-14-3-5-15(6-4-14)17(18,19)20/h3-6H,7-11H2,1-2H3,(H,21,22). The Labute approximate surface area is 156 Å². The Kier molecular flexibility index (Phi) is 5.33. The number of halogens is 3. The number of sulfonamides is 1. The van der Waals surface area contributed by atoms with E-state index >= 15 is 0 Å². The van der Waals surface area contributed by atoms with Gasteiger partial charge in [0, 0.05) is 32.7 Å². The van der Waals surface area contributed by atoms with E-state index in [1.807, 2.05) is 4.90 Å². The number of nitrogens with one attached hydrogen (secondary N) is 1. The molecule has 0 radical (unpaired) electrons. The lowest BCUT2D eigenvalue weighted by atomic mass is 10.1. The van der Waals surface area contributed by atoms with Crippen molar-refractivity contribution in [2.24, 2.45) is 0 Å². The van der Waals surface area contributed by atoms with Crippen molar-refractivity contribution in [3.05, 3.63) is 46.8 Å². The fourth-order valence-corrected chi connectivity index (χ4v) is 4.99. The maximum absolute atomic E-state index is 12.8. The van der Waals surface area contributed by atoms with E-state index in [9.17, 15) is 21.6 Å². The van der Waals surface area contributed by atoms with E-state index in [-0.39, 0.29) is 4.90 Å². The molecular weight excluding hydrogens is 381 g/mol. The van der Waals surface area contributed by atoms with Crippen LogP contribution in [0, 0.1) is 13.8 Å². The van der Waals surface area contributed by atoms with E-state index in [0.717, 1.165) is 17.7 Å². The van der Waals surface area contributed by atoms with Gasteiger partial charge in [-0.2, -0.15) is 22.6 Å². The third-order valence-electron chi connectivity index (χ3n) is 4.68. The second-order valence-corrected chi connectivity index (χ2v) is 8.51. The molecule has 0 aliphatic carbocycles. The van der Waals surface area contributed by atoms with Crippen LogP contribution in [-0.2, 0) is 22.7 Å². The van der Waals surface area contributed by atoms with E-state index in [2.05, 4.69) is 10.2 Å². The van der Waals surface area contributed by atoms with Gasteiger partial charge in [0.2, 0.25) is 10.0 Å². The van der Waals surface area contributed by atoms with E-state index in [1.165, 1.54) is 16.4 Å². The number of hydrogen-bond acceptors (Lipinski definition) is 4. The zero-order valence-electron chi connectivity index (χ0n) is 15.0. The van der Waals surface area contributed by atoms with Crippen LogP contribution in [-0.4, -0.2) is 54.0 Å². The van der Waals surface area contributed by atoms with Crippen LogP contribution >= 0.6 is 0 Å². The van der Waals surface area contributed by atoms with E-state index in [0.29, 0.717) is 44.1 Å². The molecule has 0 amide bonds. The molecule has 1 aliphatic rings. The highest BCUT2D eigenvalue weighted by Crippen LogP contribution is 2.29. The number of alkyl halides is 3. The van der Waals surface area contributed by atoms with Gasteiger partial charge in [-0.25, -0.2) is 8.42 Å². The molecule has 0 saturated carbocycles. The summed E-state index contributed by atoms with van der Waals surface area (Å²) >= 11 is 0. The maximum Gasteiger partial charge on any atom is 0.416 e. The van der Waals surface area contributed by atoms with Crippen molar-refractivity contribution in [2.75, 3.05) is 26.2 Å². The molecule has 1 aromatic carbocycles. The summed E-state index contributed by atoms with van der Waals surface area (Å²) in [4.78, 5) is 2.25. The third-order valence-corrected chi connectivity index (χ3v) is 6.84. The molecule has 0 atom stereocenters. The Morgan fingerprint density at radius 1 is 1.07 bits per heavy atom. The monoisotopic (exact) mass is 402 g/mol. The van der Waals surface area contributed by atoms with Gasteiger partial charge < -0.3 is 0 Å². The smallest absolute Gasteiger partial charge is 0.296 e. The number of rotatable bonds is 4. The zero-order valence-corrected chi connectivity index (χ0v) is 15.9. The van der Waals surface area contributed by atoms with Crippen molar-refractivity contribution in [1.29, 1.82) is 0 Å². The second-order valence-electron chi connectivity index (χ2n) is 6.64. The summed E-state index contributed by atoms with van der Waals surface area (Å²) in [6, 6.07) is 5.06. The van der Waals surface area contributed by atoms with E-state index < -0.39 is 21.8 Å². The molecule has 27 heavy (non-hydrogen) atoms. The minimum Gasteiger partial charge on any atom is -0.296 e. The highest BCUT2D eigenvalue weighted by Gasteiger charge is 2.32. The molecular formula is C17H21F3N4O2S. The first kappa shape index (κ1) is 19.8. The van der Waals surface area contributed by atoms with Crippen molar-refractivity contribution < 1.29 is 21.6 Å². The van der Waals surface area contributed by atoms with Crippen molar-refractivity contribution in [3.8, 4) is 0 Å². The Bertz CT molecular complexity index is 880. The van der Waals surface area contributed by atoms with Crippen molar-refractivity contribution in [1.82, 2.24) is 19.4 Å². The lowest BCUT2D eigenvalue weighted by Gasteiger charge is -2.34. The number of aromatic amines is 1. The molecule has 10 heteroatoms. The summed E-state index contributed by atoms with van der Waals surface area (Å²) in [5.74, 6) is 0. The molecule has 2 heterocycles. The summed E-state index contributed by atoms with van der Waals surface area (Å²) in [5.41, 5.74) is 1.05. The van der Waals surface area contributed by atoms with Crippen LogP contribution in [0.5, 0.6) is 0 Å². The number of hydrogen-bond donors (Lipinski definition) is 1. The van der Waals surface area contributed by atoms with Crippen LogP contribution in [0.3, 0.4) is 0 Å². The van der Waals surface area contributed by atoms with Gasteiger partial charge in [0.15, 0.2) is 0 Å². The van der Waals surface area contributed by atoms with Gasteiger partial charge in [-0.1, -0.05) is 12.1 Å². The lowest BCUT2D eigenvalue weighted by Crippen LogP contribution is -2.48. The van der Waals surface area contributed by atoms with Gasteiger partial charge in [0.05, 0.1) is 17.0 Å². The quantitative estimate of drug-likeness (QED) is 0.854. The fraction of sp³-hybridized carbons (Fsp3) is 0.471. The molecule has 1 aliphatic heterocycles. The van der Waals surface area contributed by atoms with Crippen molar-refractivity contribution >= 4 is 10.0 Å². The van der Waals surface area contributed by atoms with Crippen LogP contribution in [0.15, 0.2) is 29.2 Å². The lowest BCUT2D eigenvalue weighted by molar-refractivity contribution is -0.137. The molecule has 1 N–H and O–H groups in total. The van der Waals surface area contributed by atoms with Crippen LogP contribution in [0.1, 0.15) is 22.5 Å². The van der Waals surface area contributed by atoms with E-state index in [4.69, 9.17) is 0 Å². The first-order valence-corrected chi connectivity index (χ1v) is 9.93. The Morgan fingerprint density at radius 2 is 1.67 bits per heavy atom. The third kappa shape index (κ3) is 4.17. The van der Waals surface area contributed by atoms with Crippen molar-refractivity contribution in [2.45, 2.75) is 31.5 Å².